The van der Waals surface area contributed by atoms with Gasteiger partial charge in [-0.2, -0.15) is 13.2 Å². The zero-order valence-corrected chi connectivity index (χ0v) is 22.3. The van der Waals surface area contributed by atoms with Gasteiger partial charge >= 0.3 is 6.18 Å². The van der Waals surface area contributed by atoms with Gasteiger partial charge in [-0.1, -0.05) is 35.9 Å². The average molecular weight is 567 g/mol. The predicted octanol–water partition coefficient (Wildman–Crippen LogP) is 6.79. The van der Waals surface area contributed by atoms with E-state index in [1.54, 1.807) is 31.5 Å². The molecule has 2 N–H and O–H groups in total. The summed E-state index contributed by atoms with van der Waals surface area (Å²) in [6.45, 7) is 1.39. The molecule has 3 aromatic carbocycles. The van der Waals surface area contributed by atoms with E-state index in [0.29, 0.717) is 36.7 Å². The summed E-state index contributed by atoms with van der Waals surface area (Å²) in [5.41, 5.74) is 2.96. The van der Waals surface area contributed by atoms with Gasteiger partial charge in [0.1, 0.15) is 11.6 Å². The molecule has 0 saturated carbocycles. The number of ether oxygens (including phenoxy) is 1. The molecule has 0 atom stereocenters. The SMILES string of the molecule is COc1ccc(CNC(=O)c2cccc(-c3cnc4c(c3)N(Cc3cc(Cl)ccc3C(F)(F)F)CCN4)c2)cc1. The molecule has 6 nitrogen and oxygen atoms in total. The molecule has 40 heavy (non-hydrogen) atoms. The molecule has 0 bridgehead atoms. The molecule has 4 aromatic rings. The van der Waals surface area contributed by atoms with E-state index in [0.717, 1.165) is 28.5 Å². The molecule has 5 rings (SSSR count). The highest BCUT2D eigenvalue weighted by Crippen LogP contribution is 2.37. The fourth-order valence-corrected chi connectivity index (χ4v) is 4.82. The maximum Gasteiger partial charge on any atom is 0.416 e. The number of nitrogens with one attached hydrogen (secondary N) is 2. The van der Waals surface area contributed by atoms with Crippen molar-refractivity contribution in [2.24, 2.45) is 0 Å². The van der Waals surface area contributed by atoms with Gasteiger partial charge in [-0.15, -0.1) is 0 Å². The van der Waals surface area contributed by atoms with Crippen LogP contribution >= 0.6 is 11.6 Å². The Hall–Kier alpha value is -4.24. The first-order chi connectivity index (χ1) is 19.2. The summed E-state index contributed by atoms with van der Waals surface area (Å²) in [4.78, 5) is 19.3. The van der Waals surface area contributed by atoms with Gasteiger partial charge < -0.3 is 20.3 Å². The van der Waals surface area contributed by atoms with Gasteiger partial charge in [0.25, 0.3) is 5.91 Å². The number of carbonyl (C=O) groups excluding carboxylic acids is 1. The summed E-state index contributed by atoms with van der Waals surface area (Å²) in [5.74, 6) is 1.09. The lowest BCUT2D eigenvalue weighted by Gasteiger charge is -2.32. The summed E-state index contributed by atoms with van der Waals surface area (Å²) in [6, 6.07) is 20.1. The lowest BCUT2D eigenvalue weighted by atomic mass is 10.0. The Morgan fingerprint density at radius 2 is 1.88 bits per heavy atom. The number of carbonyl (C=O) groups is 1. The van der Waals surface area contributed by atoms with Crippen molar-refractivity contribution in [1.82, 2.24) is 10.3 Å². The first-order valence-electron chi connectivity index (χ1n) is 12.6. The Labute approximate surface area is 234 Å². The molecule has 0 fully saturated rings. The Morgan fingerprint density at radius 3 is 2.62 bits per heavy atom. The number of alkyl halides is 3. The van der Waals surface area contributed by atoms with Gasteiger partial charge in [0, 0.05) is 48.5 Å². The minimum atomic E-state index is -4.49. The van der Waals surface area contributed by atoms with Crippen LogP contribution in [0, 0.1) is 0 Å². The van der Waals surface area contributed by atoms with Crippen LogP contribution in [-0.4, -0.2) is 31.1 Å². The molecule has 1 aliphatic rings. The van der Waals surface area contributed by atoms with Crippen LogP contribution in [-0.2, 0) is 19.3 Å². The third kappa shape index (κ3) is 6.15. The van der Waals surface area contributed by atoms with Crippen LogP contribution in [0.25, 0.3) is 11.1 Å². The second-order valence-corrected chi connectivity index (χ2v) is 9.79. The smallest absolute Gasteiger partial charge is 0.416 e. The lowest BCUT2D eigenvalue weighted by Crippen LogP contribution is -2.34. The molecule has 1 aromatic heterocycles. The second kappa shape index (κ2) is 11.5. The van der Waals surface area contributed by atoms with Crippen LogP contribution in [0.5, 0.6) is 5.75 Å². The highest BCUT2D eigenvalue weighted by molar-refractivity contribution is 6.30. The van der Waals surface area contributed by atoms with Crippen LogP contribution < -0.4 is 20.3 Å². The molecular weight excluding hydrogens is 541 g/mol. The number of pyridine rings is 1. The fraction of sp³-hybridized carbons (Fsp3) is 0.200. The van der Waals surface area contributed by atoms with Crippen molar-refractivity contribution in [3.63, 3.8) is 0 Å². The number of hydrogen-bond donors (Lipinski definition) is 2. The number of rotatable bonds is 7. The fourth-order valence-electron chi connectivity index (χ4n) is 4.63. The van der Waals surface area contributed by atoms with Gasteiger partial charge in [-0.25, -0.2) is 4.98 Å². The van der Waals surface area contributed by atoms with E-state index in [9.17, 15) is 18.0 Å². The summed E-state index contributed by atoms with van der Waals surface area (Å²) < 4.78 is 46.2. The minimum absolute atomic E-state index is 0.0169. The van der Waals surface area contributed by atoms with E-state index in [1.165, 1.54) is 12.1 Å². The average Bonchev–Trinajstić information content (AvgIpc) is 2.95. The summed E-state index contributed by atoms with van der Waals surface area (Å²) in [7, 11) is 1.60. The van der Waals surface area contributed by atoms with Crippen molar-refractivity contribution in [2.75, 3.05) is 30.4 Å². The molecule has 0 aliphatic carbocycles. The Balaban J connectivity index is 1.37. The van der Waals surface area contributed by atoms with E-state index in [-0.39, 0.29) is 23.0 Å². The van der Waals surface area contributed by atoms with Crippen molar-refractivity contribution < 1.29 is 22.7 Å². The molecule has 0 unspecified atom stereocenters. The van der Waals surface area contributed by atoms with Crippen LogP contribution in [0.3, 0.4) is 0 Å². The van der Waals surface area contributed by atoms with Crippen LogP contribution in [0.2, 0.25) is 5.02 Å². The highest BCUT2D eigenvalue weighted by atomic mass is 35.5. The molecule has 0 spiro atoms. The van der Waals surface area contributed by atoms with Crippen molar-refractivity contribution in [1.29, 1.82) is 0 Å². The number of benzene rings is 3. The lowest BCUT2D eigenvalue weighted by molar-refractivity contribution is -0.138. The maximum absolute atomic E-state index is 13.7. The number of methoxy groups -OCH3 is 1. The number of hydrogen-bond acceptors (Lipinski definition) is 5. The van der Waals surface area contributed by atoms with Gasteiger partial charge in [-0.3, -0.25) is 4.79 Å². The van der Waals surface area contributed by atoms with Crippen LogP contribution in [0.1, 0.15) is 27.0 Å². The van der Waals surface area contributed by atoms with E-state index >= 15 is 0 Å². The number of amides is 1. The monoisotopic (exact) mass is 566 g/mol. The summed E-state index contributed by atoms with van der Waals surface area (Å²) >= 11 is 6.05. The zero-order valence-electron chi connectivity index (χ0n) is 21.6. The van der Waals surface area contributed by atoms with Crippen molar-refractivity contribution in [2.45, 2.75) is 19.3 Å². The zero-order chi connectivity index (χ0) is 28.3. The Morgan fingerprint density at radius 1 is 1.07 bits per heavy atom. The normalized spacial score (nSPS) is 12.9. The first-order valence-corrected chi connectivity index (χ1v) is 12.9. The van der Waals surface area contributed by atoms with Crippen molar-refractivity contribution in [3.8, 4) is 16.9 Å². The summed E-state index contributed by atoms with van der Waals surface area (Å²) in [6.07, 6.45) is -2.81. The number of anilines is 2. The van der Waals surface area contributed by atoms with Gasteiger partial charge in [0.2, 0.25) is 0 Å². The standard InChI is InChI=1S/C30H26ClF3N4O2/c1-40-25-8-5-19(6-9-25)16-37-29(39)21-4-2-3-20(13-21)22-15-27-28(36-17-22)35-11-12-38(27)18-23-14-24(31)7-10-26(23)30(32,33)34/h2-10,13-15,17H,11-12,16,18H2,1H3,(H,35,36)(H,37,39). The van der Waals surface area contributed by atoms with Gasteiger partial charge in [-0.05, 0) is 65.2 Å². The number of fused-ring (bicyclic) bond motifs is 1. The highest BCUT2D eigenvalue weighted by Gasteiger charge is 2.34. The quantitative estimate of drug-likeness (QED) is 0.258. The van der Waals surface area contributed by atoms with Crippen molar-refractivity contribution in [3.05, 3.63) is 106 Å². The Kier molecular flexibility index (Phi) is 7.84. The largest absolute Gasteiger partial charge is 0.497 e. The van der Waals surface area contributed by atoms with Crippen LogP contribution in [0.15, 0.2) is 79.0 Å². The molecule has 2 heterocycles. The van der Waals surface area contributed by atoms with Gasteiger partial charge in [0.15, 0.2) is 0 Å². The molecule has 206 valence electrons. The number of nitrogens with zero attached hydrogens (tertiary/aromatic N) is 2. The predicted molar refractivity (Wildman–Crippen MR) is 150 cm³/mol. The van der Waals surface area contributed by atoms with E-state index < -0.39 is 11.7 Å². The third-order valence-electron chi connectivity index (χ3n) is 6.69. The minimum Gasteiger partial charge on any atom is -0.497 e. The topological polar surface area (TPSA) is 66.5 Å². The molecule has 0 radical (unpaired) electrons. The molecule has 10 heteroatoms. The van der Waals surface area contributed by atoms with Crippen LogP contribution in [0.4, 0.5) is 24.7 Å². The Bertz CT molecular complexity index is 1530. The van der Waals surface area contributed by atoms with E-state index in [1.807, 2.05) is 41.3 Å². The molecule has 0 saturated heterocycles. The molecule has 1 amide bonds. The van der Waals surface area contributed by atoms with Gasteiger partial charge in [0.05, 0.1) is 18.4 Å². The number of halogens is 4. The molecular formula is C30H26ClF3N4O2. The second-order valence-electron chi connectivity index (χ2n) is 9.35. The van der Waals surface area contributed by atoms with E-state index in [2.05, 4.69) is 15.6 Å². The number of aromatic nitrogens is 1. The maximum atomic E-state index is 13.7. The van der Waals surface area contributed by atoms with Crippen molar-refractivity contribution >= 4 is 29.0 Å². The van der Waals surface area contributed by atoms with E-state index in [4.69, 9.17) is 16.3 Å². The first kappa shape index (κ1) is 27.3. The third-order valence-corrected chi connectivity index (χ3v) is 6.92. The summed E-state index contributed by atoms with van der Waals surface area (Å²) in [5, 5.41) is 6.37. The molecule has 1 aliphatic heterocycles.